The van der Waals surface area contributed by atoms with Gasteiger partial charge in [-0.3, -0.25) is 0 Å². The van der Waals surface area contributed by atoms with Crippen molar-refractivity contribution in [1.82, 2.24) is 5.32 Å². The highest BCUT2D eigenvalue weighted by Crippen LogP contribution is 2.34. The Morgan fingerprint density at radius 3 is 2.47 bits per heavy atom. The van der Waals surface area contributed by atoms with Gasteiger partial charge in [-0.15, -0.1) is 0 Å². The second-order valence-corrected chi connectivity index (χ2v) is 6.03. The van der Waals surface area contributed by atoms with E-state index in [1.807, 2.05) is 0 Å². The van der Waals surface area contributed by atoms with Gasteiger partial charge in [-0.05, 0) is 57.7 Å². The number of rotatable bonds is 7. The molecule has 2 heteroatoms. The standard InChI is InChI=1S/C17H28N2/c1-5-18-14(4)16-8-6-7-9-17(16)19(13(2)3)12-15-10-11-15/h6-9,13-15,18H,5,10-12H2,1-4H3. The first-order valence-corrected chi connectivity index (χ1v) is 7.72. The number of nitrogens with zero attached hydrogens (tertiary/aromatic N) is 1. The van der Waals surface area contributed by atoms with Crippen LogP contribution in [0.5, 0.6) is 0 Å². The lowest BCUT2D eigenvalue weighted by molar-refractivity contribution is 0.586. The Morgan fingerprint density at radius 2 is 1.89 bits per heavy atom. The summed E-state index contributed by atoms with van der Waals surface area (Å²) in [4.78, 5) is 2.58. The van der Waals surface area contributed by atoms with E-state index in [0.29, 0.717) is 12.1 Å². The molecular weight excluding hydrogens is 232 g/mol. The maximum Gasteiger partial charge on any atom is 0.0417 e. The van der Waals surface area contributed by atoms with Crippen LogP contribution in [-0.4, -0.2) is 19.1 Å². The Labute approximate surface area is 118 Å². The van der Waals surface area contributed by atoms with Crippen molar-refractivity contribution in [2.45, 2.75) is 52.6 Å². The van der Waals surface area contributed by atoms with Gasteiger partial charge in [0.1, 0.15) is 0 Å². The molecule has 0 amide bonds. The molecule has 1 aromatic carbocycles. The summed E-state index contributed by atoms with van der Waals surface area (Å²) in [6.45, 7) is 11.3. The Bertz CT molecular complexity index is 396. The van der Waals surface area contributed by atoms with Crippen LogP contribution in [0, 0.1) is 5.92 Å². The summed E-state index contributed by atoms with van der Waals surface area (Å²) in [6.07, 6.45) is 2.82. The van der Waals surface area contributed by atoms with Crippen LogP contribution in [0.3, 0.4) is 0 Å². The van der Waals surface area contributed by atoms with Gasteiger partial charge in [-0.2, -0.15) is 0 Å². The van der Waals surface area contributed by atoms with Gasteiger partial charge in [0.05, 0.1) is 0 Å². The third-order valence-electron chi connectivity index (χ3n) is 4.00. The van der Waals surface area contributed by atoms with E-state index < -0.39 is 0 Å². The van der Waals surface area contributed by atoms with Crippen molar-refractivity contribution in [2.75, 3.05) is 18.0 Å². The van der Waals surface area contributed by atoms with E-state index in [4.69, 9.17) is 0 Å². The van der Waals surface area contributed by atoms with Crippen LogP contribution in [0.4, 0.5) is 5.69 Å². The van der Waals surface area contributed by atoms with Crippen LogP contribution < -0.4 is 10.2 Å². The van der Waals surface area contributed by atoms with Crippen LogP contribution in [0.25, 0.3) is 0 Å². The Balaban J connectivity index is 2.24. The molecule has 106 valence electrons. The van der Waals surface area contributed by atoms with Crippen LogP contribution in [0.15, 0.2) is 24.3 Å². The van der Waals surface area contributed by atoms with Crippen molar-refractivity contribution in [3.05, 3.63) is 29.8 Å². The average Bonchev–Trinajstić information content (AvgIpc) is 3.20. The third-order valence-corrected chi connectivity index (χ3v) is 4.00. The van der Waals surface area contributed by atoms with Gasteiger partial charge in [0.15, 0.2) is 0 Å². The largest absolute Gasteiger partial charge is 0.369 e. The van der Waals surface area contributed by atoms with Gasteiger partial charge in [0.2, 0.25) is 0 Å². The Hall–Kier alpha value is -1.02. The molecule has 0 aliphatic heterocycles. The molecule has 0 spiro atoms. The summed E-state index contributed by atoms with van der Waals surface area (Å²) < 4.78 is 0. The molecule has 0 saturated heterocycles. The van der Waals surface area contributed by atoms with E-state index in [1.54, 1.807) is 0 Å². The second-order valence-electron chi connectivity index (χ2n) is 6.03. The fraction of sp³-hybridized carbons (Fsp3) is 0.647. The summed E-state index contributed by atoms with van der Waals surface area (Å²) in [5.74, 6) is 0.921. The molecule has 1 atom stereocenters. The summed E-state index contributed by atoms with van der Waals surface area (Å²) >= 11 is 0. The minimum absolute atomic E-state index is 0.418. The zero-order valence-electron chi connectivity index (χ0n) is 12.8. The number of benzene rings is 1. The summed E-state index contributed by atoms with van der Waals surface area (Å²) in [5, 5.41) is 3.54. The number of hydrogen-bond donors (Lipinski definition) is 1. The molecule has 2 nitrogen and oxygen atoms in total. The van der Waals surface area contributed by atoms with Crippen molar-refractivity contribution in [2.24, 2.45) is 5.92 Å². The van der Waals surface area contributed by atoms with Crippen LogP contribution in [-0.2, 0) is 0 Å². The molecule has 2 rings (SSSR count). The number of nitrogens with one attached hydrogen (secondary N) is 1. The van der Waals surface area contributed by atoms with Crippen LogP contribution >= 0.6 is 0 Å². The second kappa shape index (κ2) is 6.42. The van der Waals surface area contributed by atoms with E-state index >= 15 is 0 Å². The van der Waals surface area contributed by atoms with Crippen LogP contribution in [0.1, 0.15) is 52.1 Å². The summed E-state index contributed by atoms with van der Waals surface area (Å²) in [6, 6.07) is 9.86. The van der Waals surface area contributed by atoms with Crippen molar-refractivity contribution < 1.29 is 0 Å². The molecule has 1 fully saturated rings. The first-order chi connectivity index (χ1) is 9.13. The Morgan fingerprint density at radius 1 is 1.21 bits per heavy atom. The molecule has 1 aliphatic carbocycles. The van der Waals surface area contributed by atoms with Gasteiger partial charge >= 0.3 is 0 Å². The quantitative estimate of drug-likeness (QED) is 0.797. The van der Waals surface area contributed by atoms with E-state index in [-0.39, 0.29) is 0 Å². The molecule has 19 heavy (non-hydrogen) atoms. The highest BCUT2D eigenvalue weighted by Gasteiger charge is 2.27. The van der Waals surface area contributed by atoms with E-state index in [1.165, 1.54) is 30.6 Å². The minimum atomic E-state index is 0.418. The normalized spacial score (nSPS) is 16.7. The van der Waals surface area contributed by atoms with Gasteiger partial charge in [0.25, 0.3) is 0 Å². The third kappa shape index (κ3) is 3.73. The summed E-state index contributed by atoms with van der Waals surface area (Å²) in [5.41, 5.74) is 2.84. The molecule has 1 unspecified atom stereocenters. The minimum Gasteiger partial charge on any atom is -0.369 e. The van der Waals surface area contributed by atoms with Gasteiger partial charge < -0.3 is 10.2 Å². The molecule has 1 aromatic rings. The van der Waals surface area contributed by atoms with E-state index in [9.17, 15) is 0 Å². The molecule has 0 bridgehead atoms. The first kappa shape index (κ1) is 14.4. The SMILES string of the molecule is CCNC(C)c1ccccc1N(CC1CC1)C(C)C. The number of anilines is 1. The van der Waals surface area contributed by atoms with Crippen molar-refractivity contribution in [3.8, 4) is 0 Å². The maximum atomic E-state index is 3.54. The molecule has 0 radical (unpaired) electrons. The van der Waals surface area contributed by atoms with Crippen LogP contribution in [0.2, 0.25) is 0 Å². The maximum absolute atomic E-state index is 3.54. The van der Waals surface area contributed by atoms with Crippen molar-refractivity contribution in [1.29, 1.82) is 0 Å². The zero-order chi connectivity index (χ0) is 13.8. The smallest absolute Gasteiger partial charge is 0.0417 e. The predicted molar refractivity (Wildman–Crippen MR) is 83.7 cm³/mol. The van der Waals surface area contributed by atoms with Crippen molar-refractivity contribution in [3.63, 3.8) is 0 Å². The highest BCUT2D eigenvalue weighted by atomic mass is 15.2. The van der Waals surface area contributed by atoms with Gasteiger partial charge in [-0.25, -0.2) is 0 Å². The predicted octanol–water partition coefficient (Wildman–Crippen LogP) is 3.98. The first-order valence-electron chi connectivity index (χ1n) is 7.72. The lowest BCUT2D eigenvalue weighted by atomic mass is 10.0. The monoisotopic (exact) mass is 260 g/mol. The Kier molecular flexibility index (Phi) is 4.87. The van der Waals surface area contributed by atoms with Gasteiger partial charge in [-0.1, -0.05) is 25.1 Å². The van der Waals surface area contributed by atoms with E-state index in [0.717, 1.165) is 12.5 Å². The van der Waals surface area contributed by atoms with E-state index in [2.05, 4.69) is 62.2 Å². The molecular formula is C17H28N2. The molecule has 0 aromatic heterocycles. The lowest BCUT2D eigenvalue weighted by Gasteiger charge is -2.32. The molecule has 1 aliphatic rings. The fourth-order valence-corrected chi connectivity index (χ4v) is 2.70. The van der Waals surface area contributed by atoms with Gasteiger partial charge in [0, 0.05) is 24.3 Å². The van der Waals surface area contributed by atoms with Crippen molar-refractivity contribution >= 4 is 5.69 Å². The summed E-state index contributed by atoms with van der Waals surface area (Å²) in [7, 11) is 0. The lowest BCUT2D eigenvalue weighted by Crippen LogP contribution is -2.34. The average molecular weight is 260 g/mol. The number of para-hydroxylation sites is 1. The zero-order valence-corrected chi connectivity index (χ0v) is 12.8. The molecule has 0 heterocycles. The number of hydrogen-bond acceptors (Lipinski definition) is 2. The fourth-order valence-electron chi connectivity index (χ4n) is 2.70. The highest BCUT2D eigenvalue weighted by molar-refractivity contribution is 5.55. The topological polar surface area (TPSA) is 15.3 Å². The molecule has 1 N–H and O–H groups in total. The molecule has 1 saturated carbocycles.